The first-order valence-electron chi connectivity index (χ1n) is 6.40. The molecule has 4 nitrogen and oxygen atoms in total. The first-order chi connectivity index (χ1) is 8.00. The Hall–Kier alpha value is -1.06. The molecule has 0 rings (SSSR count). The molecule has 100 valence electrons. The van der Waals surface area contributed by atoms with Crippen molar-refractivity contribution in [3.8, 4) is 0 Å². The van der Waals surface area contributed by atoms with Gasteiger partial charge in [0.25, 0.3) is 0 Å². The standard InChI is InChI=1S/C13H24O4/c1-4-5-6-7-8-9-17-13(16)11(3)10(2)12(14)15/h10-11H,4-9H2,1-3H3,(H,14,15). The molecule has 0 aromatic rings. The molecule has 0 saturated heterocycles. The molecule has 0 heterocycles. The molecule has 0 radical (unpaired) electrons. The van der Waals surface area contributed by atoms with Gasteiger partial charge in [-0.3, -0.25) is 9.59 Å². The zero-order chi connectivity index (χ0) is 13.3. The SMILES string of the molecule is CCCCCCCOC(=O)C(C)C(C)C(=O)O. The van der Waals surface area contributed by atoms with Crippen molar-refractivity contribution >= 4 is 11.9 Å². The number of hydrogen-bond donors (Lipinski definition) is 1. The summed E-state index contributed by atoms with van der Waals surface area (Å²) in [4.78, 5) is 22.2. The summed E-state index contributed by atoms with van der Waals surface area (Å²) in [6.45, 7) is 5.67. The first-order valence-corrected chi connectivity index (χ1v) is 6.40. The van der Waals surface area contributed by atoms with Crippen LogP contribution in [0.5, 0.6) is 0 Å². The Morgan fingerprint density at radius 1 is 1.06 bits per heavy atom. The molecule has 4 heteroatoms. The third kappa shape index (κ3) is 6.97. The Balaban J connectivity index is 3.68. The van der Waals surface area contributed by atoms with Crippen LogP contribution in [-0.2, 0) is 14.3 Å². The predicted octanol–water partition coefficient (Wildman–Crippen LogP) is 2.86. The van der Waals surface area contributed by atoms with Gasteiger partial charge in [0.15, 0.2) is 0 Å². The smallest absolute Gasteiger partial charge is 0.309 e. The van der Waals surface area contributed by atoms with Crippen LogP contribution in [-0.4, -0.2) is 23.7 Å². The monoisotopic (exact) mass is 244 g/mol. The quantitative estimate of drug-likeness (QED) is 0.500. The fourth-order valence-electron chi connectivity index (χ4n) is 1.43. The maximum atomic E-state index is 11.5. The van der Waals surface area contributed by atoms with E-state index in [0.717, 1.165) is 19.3 Å². The maximum absolute atomic E-state index is 11.5. The van der Waals surface area contributed by atoms with Crippen molar-refractivity contribution in [2.75, 3.05) is 6.61 Å². The van der Waals surface area contributed by atoms with Crippen LogP contribution < -0.4 is 0 Å². The van der Waals surface area contributed by atoms with Crippen LogP contribution >= 0.6 is 0 Å². The lowest BCUT2D eigenvalue weighted by atomic mass is 9.96. The molecule has 0 saturated carbocycles. The number of esters is 1. The summed E-state index contributed by atoms with van der Waals surface area (Å²) in [6.07, 6.45) is 5.48. The number of hydrogen-bond acceptors (Lipinski definition) is 3. The number of rotatable bonds is 9. The number of unbranched alkanes of at least 4 members (excludes halogenated alkanes) is 4. The largest absolute Gasteiger partial charge is 0.481 e. The topological polar surface area (TPSA) is 63.6 Å². The van der Waals surface area contributed by atoms with E-state index in [0.29, 0.717) is 6.61 Å². The van der Waals surface area contributed by atoms with E-state index in [1.165, 1.54) is 19.8 Å². The van der Waals surface area contributed by atoms with E-state index in [1.54, 1.807) is 6.92 Å². The number of carboxylic acid groups (broad SMARTS) is 1. The molecule has 0 amide bonds. The normalized spacial score (nSPS) is 14.1. The summed E-state index contributed by atoms with van der Waals surface area (Å²) in [5.74, 6) is -2.64. The minimum absolute atomic E-state index is 0.402. The molecule has 0 fully saturated rings. The first kappa shape index (κ1) is 15.9. The summed E-state index contributed by atoms with van der Waals surface area (Å²) in [5, 5.41) is 8.76. The summed E-state index contributed by atoms with van der Waals surface area (Å²) in [7, 11) is 0. The Morgan fingerprint density at radius 2 is 1.65 bits per heavy atom. The molecule has 0 aromatic heterocycles. The molecule has 0 aliphatic carbocycles. The molecule has 1 N–H and O–H groups in total. The summed E-state index contributed by atoms with van der Waals surface area (Å²) >= 11 is 0. The minimum Gasteiger partial charge on any atom is -0.481 e. The van der Waals surface area contributed by atoms with Crippen LogP contribution in [0.4, 0.5) is 0 Å². The molecule has 2 unspecified atom stereocenters. The zero-order valence-corrected chi connectivity index (χ0v) is 11.1. The van der Waals surface area contributed by atoms with Crippen LogP contribution in [0.1, 0.15) is 52.9 Å². The Labute approximate surface area is 103 Å². The highest BCUT2D eigenvalue weighted by molar-refractivity contribution is 5.80. The third-order valence-corrected chi connectivity index (χ3v) is 3.00. The van der Waals surface area contributed by atoms with E-state index in [1.807, 2.05) is 0 Å². The van der Waals surface area contributed by atoms with Gasteiger partial charge in [0.1, 0.15) is 0 Å². The predicted molar refractivity (Wildman–Crippen MR) is 65.7 cm³/mol. The van der Waals surface area contributed by atoms with E-state index >= 15 is 0 Å². The van der Waals surface area contributed by atoms with Crippen LogP contribution in [0, 0.1) is 11.8 Å². The van der Waals surface area contributed by atoms with Crippen molar-refractivity contribution in [3.63, 3.8) is 0 Å². The van der Waals surface area contributed by atoms with Gasteiger partial charge < -0.3 is 9.84 Å². The van der Waals surface area contributed by atoms with Gasteiger partial charge in [-0.1, -0.05) is 46.5 Å². The molecular formula is C13H24O4. The highest BCUT2D eigenvalue weighted by Gasteiger charge is 2.26. The molecule has 17 heavy (non-hydrogen) atoms. The molecular weight excluding hydrogens is 220 g/mol. The van der Waals surface area contributed by atoms with Gasteiger partial charge in [-0.25, -0.2) is 0 Å². The fourth-order valence-corrected chi connectivity index (χ4v) is 1.43. The van der Waals surface area contributed by atoms with Crippen molar-refractivity contribution in [3.05, 3.63) is 0 Å². The average molecular weight is 244 g/mol. The average Bonchev–Trinajstić information content (AvgIpc) is 2.31. The van der Waals surface area contributed by atoms with Gasteiger partial charge in [-0.05, 0) is 6.42 Å². The maximum Gasteiger partial charge on any atom is 0.309 e. The van der Waals surface area contributed by atoms with Gasteiger partial charge in [0, 0.05) is 0 Å². The van der Waals surface area contributed by atoms with E-state index in [-0.39, 0.29) is 0 Å². The lowest BCUT2D eigenvalue weighted by molar-refractivity contribution is -0.156. The summed E-state index contributed by atoms with van der Waals surface area (Å²) < 4.78 is 5.05. The van der Waals surface area contributed by atoms with Crippen LogP contribution in [0.3, 0.4) is 0 Å². The second kappa shape index (κ2) is 9.02. The van der Waals surface area contributed by atoms with Gasteiger partial charge >= 0.3 is 11.9 Å². The molecule has 0 bridgehead atoms. The molecule has 0 aliphatic heterocycles. The van der Waals surface area contributed by atoms with Crippen LogP contribution in [0.25, 0.3) is 0 Å². The third-order valence-electron chi connectivity index (χ3n) is 3.00. The second-order valence-electron chi connectivity index (χ2n) is 4.50. The van der Waals surface area contributed by atoms with Crippen molar-refractivity contribution in [1.82, 2.24) is 0 Å². The Morgan fingerprint density at radius 3 is 2.18 bits per heavy atom. The van der Waals surface area contributed by atoms with E-state index < -0.39 is 23.8 Å². The highest BCUT2D eigenvalue weighted by atomic mass is 16.5. The summed E-state index contributed by atoms with van der Waals surface area (Å²) in [5.41, 5.74) is 0. The fraction of sp³-hybridized carbons (Fsp3) is 0.846. The molecule has 0 spiro atoms. The number of carbonyl (C=O) groups is 2. The van der Waals surface area contributed by atoms with Crippen LogP contribution in [0.2, 0.25) is 0 Å². The highest BCUT2D eigenvalue weighted by Crippen LogP contribution is 2.13. The molecule has 2 atom stereocenters. The zero-order valence-electron chi connectivity index (χ0n) is 11.1. The number of carbonyl (C=O) groups excluding carboxylic acids is 1. The number of ether oxygens (including phenoxy) is 1. The van der Waals surface area contributed by atoms with E-state index in [4.69, 9.17) is 9.84 Å². The van der Waals surface area contributed by atoms with Crippen molar-refractivity contribution in [2.24, 2.45) is 11.8 Å². The lowest BCUT2D eigenvalue weighted by Crippen LogP contribution is -2.27. The van der Waals surface area contributed by atoms with Crippen LogP contribution in [0.15, 0.2) is 0 Å². The van der Waals surface area contributed by atoms with E-state index in [2.05, 4.69) is 6.92 Å². The second-order valence-corrected chi connectivity index (χ2v) is 4.50. The van der Waals surface area contributed by atoms with Crippen molar-refractivity contribution in [1.29, 1.82) is 0 Å². The van der Waals surface area contributed by atoms with Gasteiger partial charge in [0.2, 0.25) is 0 Å². The number of aliphatic carboxylic acids is 1. The Bertz CT molecular complexity index is 238. The Kier molecular flexibility index (Phi) is 8.46. The van der Waals surface area contributed by atoms with Gasteiger partial charge in [-0.15, -0.1) is 0 Å². The molecule has 0 aliphatic rings. The summed E-state index contributed by atoms with van der Waals surface area (Å²) in [6, 6.07) is 0. The van der Waals surface area contributed by atoms with Crippen molar-refractivity contribution < 1.29 is 19.4 Å². The number of carboxylic acids is 1. The van der Waals surface area contributed by atoms with Gasteiger partial charge in [-0.2, -0.15) is 0 Å². The lowest BCUT2D eigenvalue weighted by Gasteiger charge is -2.14. The van der Waals surface area contributed by atoms with Gasteiger partial charge in [0.05, 0.1) is 18.4 Å². The minimum atomic E-state index is -0.961. The van der Waals surface area contributed by atoms with E-state index in [9.17, 15) is 9.59 Å². The molecule has 0 aromatic carbocycles. The van der Waals surface area contributed by atoms with Crippen molar-refractivity contribution in [2.45, 2.75) is 52.9 Å².